The van der Waals surface area contributed by atoms with E-state index in [9.17, 15) is 9.59 Å². The highest BCUT2D eigenvalue weighted by atomic mass is 32.2. The van der Waals surface area contributed by atoms with Gasteiger partial charge in [0.1, 0.15) is 4.32 Å². The number of carbonyl (C=O) groups is 2. The quantitative estimate of drug-likeness (QED) is 0.254. The van der Waals surface area contributed by atoms with Crippen molar-refractivity contribution in [2.24, 2.45) is 0 Å². The molecule has 1 aliphatic rings. The van der Waals surface area contributed by atoms with Gasteiger partial charge in [0.2, 0.25) is 0 Å². The second-order valence-electron chi connectivity index (χ2n) is 7.00. The number of carboxylic acids is 1. The van der Waals surface area contributed by atoms with Gasteiger partial charge in [0, 0.05) is 6.54 Å². The van der Waals surface area contributed by atoms with Crippen LogP contribution in [0.5, 0.6) is 11.5 Å². The van der Waals surface area contributed by atoms with E-state index in [0.29, 0.717) is 27.3 Å². The van der Waals surface area contributed by atoms with Crippen LogP contribution in [-0.2, 0) is 9.59 Å². The van der Waals surface area contributed by atoms with Crippen LogP contribution < -0.4 is 9.47 Å². The molecule has 0 radical (unpaired) electrons. The SMILES string of the molecule is CCCCCCCCOc1ccc(/C=C2\SC(=S)N(CCC(=O)O)C2=O)cc1OC. The van der Waals surface area contributed by atoms with E-state index in [-0.39, 0.29) is 18.9 Å². The lowest BCUT2D eigenvalue weighted by Gasteiger charge is -2.12. The summed E-state index contributed by atoms with van der Waals surface area (Å²) in [5, 5.41) is 8.83. The van der Waals surface area contributed by atoms with Crippen molar-refractivity contribution >= 4 is 46.3 Å². The van der Waals surface area contributed by atoms with Gasteiger partial charge in [-0.05, 0) is 30.2 Å². The molecule has 0 spiro atoms. The molecule has 1 saturated heterocycles. The fraction of sp³-hybridized carbons (Fsp3) is 0.500. The van der Waals surface area contributed by atoms with Gasteiger partial charge < -0.3 is 14.6 Å². The summed E-state index contributed by atoms with van der Waals surface area (Å²) in [5.41, 5.74) is 0.789. The smallest absolute Gasteiger partial charge is 0.305 e. The Morgan fingerprint density at radius 1 is 1.20 bits per heavy atom. The van der Waals surface area contributed by atoms with Crippen LogP contribution in [0, 0.1) is 0 Å². The molecule has 0 unspecified atom stereocenters. The van der Waals surface area contributed by atoms with Gasteiger partial charge in [-0.3, -0.25) is 14.5 Å². The predicted octanol–water partition coefficient (Wildman–Crippen LogP) is 5.11. The van der Waals surface area contributed by atoms with Crippen molar-refractivity contribution in [1.82, 2.24) is 4.90 Å². The average Bonchev–Trinajstić information content (AvgIpc) is 2.98. The summed E-state index contributed by atoms with van der Waals surface area (Å²) in [6, 6.07) is 5.52. The molecule has 0 aliphatic carbocycles. The Morgan fingerprint density at radius 3 is 2.63 bits per heavy atom. The average molecular weight is 452 g/mol. The number of aliphatic carboxylic acids is 1. The number of hydrogen-bond acceptors (Lipinski definition) is 6. The van der Waals surface area contributed by atoms with E-state index in [1.165, 1.54) is 42.3 Å². The van der Waals surface area contributed by atoms with Gasteiger partial charge in [0.25, 0.3) is 5.91 Å². The van der Waals surface area contributed by atoms with Crippen LogP contribution >= 0.6 is 24.0 Å². The standard InChI is InChI=1S/C22H29NO5S2/c1-3-4-5-6-7-8-13-28-17-10-9-16(14-18(17)27-2)15-19-21(26)23(22(29)30-19)12-11-20(24)25/h9-10,14-15H,3-8,11-13H2,1-2H3,(H,24,25)/b19-15-. The van der Waals surface area contributed by atoms with Gasteiger partial charge in [0.15, 0.2) is 11.5 Å². The van der Waals surface area contributed by atoms with Crippen LogP contribution in [0.3, 0.4) is 0 Å². The molecule has 1 amide bonds. The number of rotatable bonds is 13. The number of benzene rings is 1. The molecule has 1 aromatic rings. The van der Waals surface area contributed by atoms with Gasteiger partial charge in [-0.15, -0.1) is 0 Å². The molecular weight excluding hydrogens is 422 g/mol. The van der Waals surface area contributed by atoms with Gasteiger partial charge in [0.05, 0.1) is 25.0 Å². The van der Waals surface area contributed by atoms with Crippen molar-refractivity contribution in [2.75, 3.05) is 20.3 Å². The lowest BCUT2D eigenvalue weighted by atomic mass is 10.1. The third kappa shape index (κ3) is 7.32. The molecule has 164 valence electrons. The van der Waals surface area contributed by atoms with Gasteiger partial charge >= 0.3 is 5.97 Å². The highest BCUT2D eigenvalue weighted by Crippen LogP contribution is 2.34. The first-order valence-corrected chi connectivity index (χ1v) is 11.5. The van der Waals surface area contributed by atoms with Crippen LogP contribution in [0.4, 0.5) is 0 Å². The molecule has 0 aromatic heterocycles. The molecule has 30 heavy (non-hydrogen) atoms. The molecule has 1 N–H and O–H groups in total. The number of thiocarbonyl (C=S) groups is 1. The van der Waals surface area contributed by atoms with E-state index in [1.807, 2.05) is 18.2 Å². The highest BCUT2D eigenvalue weighted by Gasteiger charge is 2.32. The third-order valence-electron chi connectivity index (χ3n) is 4.66. The van der Waals surface area contributed by atoms with E-state index < -0.39 is 5.97 Å². The van der Waals surface area contributed by atoms with Crippen molar-refractivity contribution in [1.29, 1.82) is 0 Å². The summed E-state index contributed by atoms with van der Waals surface area (Å²) < 4.78 is 11.7. The van der Waals surface area contributed by atoms with E-state index in [4.69, 9.17) is 26.8 Å². The minimum absolute atomic E-state index is 0.0753. The van der Waals surface area contributed by atoms with Gasteiger partial charge in [-0.25, -0.2) is 0 Å². The fourth-order valence-corrected chi connectivity index (χ4v) is 4.32. The van der Waals surface area contributed by atoms with E-state index in [2.05, 4.69) is 6.92 Å². The second kappa shape index (κ2) is 12.6. The topological polar surface area (TPSA) is 76.1 Å². The lowest BCUT2D eigenvalue weighted by molar-refractivity contribution is -0.137. The Hall–Kier alpha value is -2.06. The van der Waals surface area contributed by atoms with E-state index in [1.54, 1.807) is 13.2 Å². The predicted molar refractivity (Wildman–Crippen MR) is 124 cm³/mol. The summed E-state index contributed by atoms with van der Waals surface area (Å²) in [7, 11) is 1.59. The first kappa shape index (κ1) is 24.2. The Morgan fingerprint density at radius 2 is 1.93 bits per heavy atom. The van der Waals surface area contributed by atoms with Crippen molar-refractivity contribution in [3.8, 4) is 11.5 Å². The zero-order valence-corrected chi connectivity index (χ0v) is 19.2. The summed E-state index contributed by atoms with van der Waals surface area (Å²) in [5.74, 6) is 0.0521. The van der Waals surface area contributed by atoms with Gasteiger partial charge in [-0.1, -0.05) is 69.1 Å². The summed E-state index contributed by atoms with van der Waals surface area (Å²) in [4.78, 5) is 25.1. The van der Waals surface area contributed by atoms with Crippen molar-refractivity contribution in [3.05, 3.63) is 28.7 Å². The van der Waals surface area contributed by atoms with Crippen LogP contribution in [0.2, 0.25) is 0 Å². The number of ether oxygens (including phenoxy) is 2. The highest BCUT2D eigenvalue weighted by molar-refractivity contribution is 8.26. The zero-order valence-electron chi connectivity index (χ0n) is 17.5. The maximum atomic E-state index is 12.5. The first-order chi connectivity index (χ1) is 14.5. The van der Waals surface area contributed by atoms with E-state index in [0.717, 1.165) is 18.4 Å². The fourth-order valence-electron chi connectivity index (χ4n) is 3.01. The Balaban J connectivity index is 1.96. The molecule has 0 atom stereocenters. The van der Waals surface area contributed by atoms with Crippen molar-refractivity contribution < 1.29 is 24.2 Å². The monoisotopic (exact) mass is 451 g/mol. The van der Waals surface area contributed by atoms with Crippen LogP contribution in [0.15, 0.2) is 23.1 Å². The Bertz CT molecular complexity index is 794. The number of carbonyl (C=O) groups excluding carboxylic acids is 1. The number of methoxy groups -OCH3 is 1. The number of unbranched alkanes of at least 4 members (excludes halogenated alkanes) is 5. The molecule has 1 aliphatic heterocycles. The molecular formula is C22H29NO5S2. The maximum Gasteiger partial charge on any atom is 0.305 e. The zero-order chi connectivity index (χ0) is 21.9. The summed E-state index contributed by atoms with van der Waals surface area (Å²) >= 11 is 6.39. The molecule has 0 saturated carbocycles. The normalized spacial score (nSPS) is 15.1. The molecule has 1 aromatic carbocycles. The van der Waals surface area contributed by atoms with Crippen molar-refractivity contribution in [2.45, 2.75) is 51.9 Å². The molecule has 6 nitrogen and oxygen atoms in total. The van der Waals surface area contributed by atoms with Crippen LogP contribution in [-0.4, -0.2) is 46.5 Å². The number of amides is 1. The Labute approximate surface area is 187 Å². The maximum absolute atomic E-state index is 12.5. The largest absolute Gasteiger partial charge is 0.493 e. The third-order valence-corrected chi connectivity index (χ3v) is 6.04. The first-order valence-electron chi connectivity index (χ1n) is 10.2. The summed E-state index contributed by atoms with van der Waals surface area (Å²) in [6.45, 7) is 2.93. The molecule has 2 rings (SSSR count). The number of hydrogen-bond donors (Lipinski definition) is 1. The van der Waals surface area contributed by atoms with Crippen LogP contribution in [0.1, 0.15) is 57.4 Å². The minimum Gasteiger partial charge on any atom is -0.493 e. The van der Waals surface area contributed by atoms with E-state index >= 15 is 0 Å². The number of carboxylic acid groups (broad SMARTS) is 1. The summed E-state index contributed by atoms with van der Waals surface area (Å²) in [6.07, 6.45) is 8.80. The molecule has 8 heteroatoms. The van der Waals surface area contributed by atoms with Crippen molar-refractivity contribution in [3.63, 3.8) is 0 Å². The Kier molecular flexibility index (Phi) is 10.2. The minimum atomic E-state index is -0.964. The molecule has 1 fully saturated rings. The number of nitrogens with zero attached hydrogens (tertiary/aromatic N) is 1. The van der Waals surface area contributed by atoms with Crippen LogP contribution in [0.25, 0.3) is 6.08 Å². The molecule has 1 heterocycles. The number of thioether (sulfide) groups is 1. The lowest BCUT2D eigenvalue weighted by Crippen LogP contribution is -2.30. The second-order valence-corrected chi connectivity index (χ2v) is 8.68. The van der Waals surface area contributed by atoms with Gasteiger partial charge in [-0.2, -0.15) is 0 Å². The molecule has 0 bridgehead atoms.